The molecule has 9 heteroatoms. The lowest BCUT2D eigenvalue weighted by molar-refractivity contribution is 0.402. The van der Waals surface area contributed by atoms with E-state index in [4.69, 9.17) is 20.8 Å². The number of benzene rings is 2. The standard InChI is InChI=1S/C15H13ClN2O5S/c1-8-3-4-12(22-2)14(5-8)24(20,21)18-10-7-11-13(6-9(10)16)23-15(19)17-11/h3-7,18H,1-2H3,(H,17,19). The summed E-state index contributed by atoms with van der Waals surface area (Å²) < 4.78 is 37.8. The van der Waals surface area contributed by atoms with Crippen LogP contribution in [0.3, 0.4) is 0 Å². The molecule has 1 aromatic heterocycles. The fourth-order valence-corrected chi connectivity index (χ4v) is 3.83. The molecule has 7 nitrogen and oxygen atoms in total. The Hall–Kier alpha value is -2.45. The maximum Gasteiger partial charge on any atom is 0.417 e. The second-order valence-corrected chi connectivity index (χ2v) is 7.16. The Balaban J connectivity index is 2.08. The predicted octanol–water partition coefficient (Wildman–Crippen LogP) is 2.89. The van der Waals surface area contributed by atoms with Crippen molar-refractivity contribution in [1.82, 2.24) is 4.98 Å². The average Bonchev–Trinajstić information content (AvgIpc) is 2.86. The van der Waals surface area contributed by atoms with Crippen molar-refractivity contribution in [3.8, 4) is 5.75 Å². The van der Waals surface area contributed by atoms with E-state index in [0.717, 1.165) is 5.56 Å². The number of aromatic amines is 1. The Morgan fingerprint density at radius 3 is 2.71 bits per heavy atom. The smallest absolute Gasteiger partial charge is 0.417 e. The summed E-state index contributed by atoms with van der Waals surface area (Å²) in [6.07, 6.45) is 0. The zero-order valence-corrected chi connectivity index (χ0v) is 14.3. The second kappa shape index (κ2) is 5.88. The topological polar surface area (TPSA) is 101 Å². The molecule has 126 valence electrons. The highest BCUT2D eigenvalue weighted by atomic mass is 35.5. The van der Waals surface area contributed by atoms with E-state index in [9.17, 15) is 13.2 Å². The lowest BCUT2D eigenvalue weighted by Gasteiger charge is -2.13. The Labute approximate surface area is 142 Å². The Kier molecular flexibility index (Phi) is 4.02. The minimum Gasteiger partial charge on any atom is -0.495 e. The number of nitrogens with one attached hydrogen (secondary N) is 2. The molecule has 0 atom stereocenters. The highest BCUT2D eigenvalue weighted by Crippen LogP contribution is 2.31. The number of sulfonamides is 1. The van der Waals surface area contributed by atoms with Crippen LogP contribution in [0.4, 0.5) is 5.69 Å². The summed E-state index contributed by atoms with van der Waals surface area (Å²) in [5.74, 6) is -0.441. The molecule has 3 aromatic rings. The van der Waals surface area contributed by atoms with Gasteiger partial charge >= 0.3 is 5.76 Å². The van der Waals surface area contributed by atoms with Crippen molar-refractivity contribution in [2.24, 2.45) is 0 Å². The molecule has 0 bridgehead atoms. The summed E-state index contributed by atoms with van der Waals surface area (Å²) in [6.45, 7) is 1.77. The van der Waals surface area contributed by atoms with E-state index in [1.54, 1.807) is 19.1 Å². The molecule has 0 saturated heterocycles. The van der Waals surface area contributed by atoms with Crippen molar-refractivity contribution in [1.29, 1.82) is 0 Å². The number of halogens is 1. The third kappa shape index (κ3) is 2.98. The van der Waals surface area contributed by atoms with E-state index in [-0.39, 0.29) is 26.9 Å². The van der Waals surface area contributed by atoms with Crippen molar-refractivity contribution in [2.75, 3.05) is 11.8 Å². The highest BCUT2D eigenvalue weighted by Gasteiger charge is 2.21. The van der Waals surface area contributed by atoms with Crippen molar-refractivity contribution in [3.05, 3.63) is 51.5 Å². The van der Waals surface area contributed by atoms with Crippen LogP contribution >= 0.6 is 11.6 Å². The van der Waals surface area contributed by atoms with Crippen LogP contribution in [-0.2, 0) is 10.0 Å². The molecule has 0 aliphatic carbocycles. The molecular weight excluding hydrogens is 356 g/mol. The van der Waals surface area contributed by atoms with E-state index in [1.165, 1.54) is 25.3 Å². The van der Waals surface area contributed by atoms with Gasteiger partial charge in [0.1, 0.15) is 10.6 Å². The van der Waals surface area contributed by atoms with Crippen LogP contribution < -0.4 is 15.2 Å². The van der Waals surface area contributed by atoms with E-state index in [0.29, 0.717) is 5.52 Å². The summed E-state index contributed by atoms with van der Waals surface area (Å²) in [4.78, 5) is 13.6. The summed E-state index contributed by atoms with van der Waals surface area (Å²) in [5.41, 5.74) is 1.45. The SMILES string of the molecule is COc1ccc(C)cc1S(=O)(=O)Nc1cc2[nH]c(=O)oc2cc1Cl. The van der Waals surface area contributed by atoms with Crippen molar-refractivity contribution < 1.29 is 17.6 Å². The summed E-state index contributed by atoms with van der Waals surface area (Å²) >= 11 is 6.08. The van der Waals surface area contributed by atoms with Gasteiger partial charge in [0.25, 0.3) is 10.0 Å². The summed E-state index contributed by atoms with van der Waals surface area (Å²) in [5, 5.41) is 0.0976. The monoisotopic (exact) mass is 368 g/mol. The van der Waals surface area contributed by atoms with Gasteiger partial charge in [0.2, 0.25) is 0 Å². The molecule has 2 aromatic carbocycles. The van der Waals surface area contributed by atoms with Gasteiger partial charge in [-0.15, -0.1) is 0 Å². The highest BCUT2D eigenvalue weighted by molar-refractivity contribution is 7.92. The van der Waals surface area contributed by atoms with Gasteiger partial charge in [0, 0.05) is 6.07 Å². The molecule has 0 amide bonds. The van der Waals surface area contributed by atoms with Crippen molar-refractivity contribution in [3.63, 3.8) is 0 Å². The third-order valence-corrected chi connectivity index (χ3v) is 5.06. The molecule has 0 radical (unpaired) electrons. The molecule has 1 heterocycles. The third-order valence-electron chi connectivity index (χ3n) is 3.36. The van der Waals surface area contributed by atoms with Gasteiger partial charge in [0.05, 0.1) is 23.3 Å². The lowest BCUT2D eigenvalue weighted by Crippen LogP contribution is -2.14. The molecule has 24 heavy (non-hydrogen) atoms. The first-order chi connectivity index (χ1) is 11.3. The number of ether oxygens (including phenoxy) is 1. The minimum absolute atomic E-state index is 0.0122. The van der Waals surface area contributed by atoms with E-state index < -0.39 is 15.8 Å². The number of aromatic nitrogens is 1. The molecule has 0 spiro atoms. The Morgan fingerprint density at radius 2 is 2.00 bits per heavy atom. The average molecular weight is 369 g/mol. The van der Waals surface area contributed by atoms with Gasteiger partial charge in [-0.3, -0.25) is 9.71 Å². The molecule has 0 fully saturated rings. The molecule has 0 aliphatic heterocycles. The van der Waals surface area contributed by atoms with Crippen LogP contribution in [0.1, 0.15) is 5.56 Å². The second-order valence-electron chi connectivity index (χ2n) is 5.10. The Bertz CT molecular complexity index is 1080. The summed E-state index contributed by atoms with van der Waals surface area (Å²) in [7, 11) is -2.56. The van der Waals surface area contributed by atoms with Crippen LogP contribution in [0.15, 0.2) is 44.4 Å². The maximum absolute atomic E-state index is 12.7. The van der Waals surface area contributed by atoms with Crippen molar-refractivity contribution >= 4 is 38.4 Å². The van der Waals surface area contributed by atoms with Crippen molar-refractivity contribution in [2.45, 2.75) is 11.8 Å². The first-order valence-corrected chi connectivity index (χ1v) is 8.66. The van der Waals surface area contributed by atoms with E-state index in [2.05, 4.69) is 9.71 Å². The molecule has 0 aliphatic rings. The number of methoxy groups -OCH3 is 1. The zero-order valence-electron chi connectivity index (χ0n) is 12.7. The van der Waals surface area contributed by atoms with Gasteiger partial charge in [-0.2, -0.15) is 0 Å². The molecule has 2 N–H and O–H groups in total. The van der Waals surface area contributed by atoms with E-state index in [1.807, 2.05) is 0 Å². The number of oxazole rings is 1. The zero-order chi connectivity index (χ0) is 17.5. The van der Waals surface area contributed by atoms with Gasteiger partial charge in [-0.05, 0) is 30.7 Å². The molecular formula is C15H13ClN2O5S. The largest absolute Gasteiger partial charge is 0.495 e. The number of hydrogen-bond donors (Lipinski definition) is 2. The number of hydrogen-bond acceptors (Lipinski definition) is 5. The van der Waals surface area contributed by atoms with Crippen LogP contribution in [0.2, 0.25) is 5.02 Å². The van der Waals surface area contributed by atoms with Gasteiger partial charge in [0.15, 0.2) is 5.58 Å². The number of anilines is 1. The fraction of sp³-hybridized carbons (Fsp3) is 0.133. The quantitative estimate of drug-likeness (QED) is 0.737. The van der Waals surface area contributed by atoms with Crippen LogP contribution in [0.25, 0.3) is 11.1 Å². The number of rotatable bonds is 4. The maximum atomic E-state index is 12.7. The van der Waals surface area contributed by atoms with Crippen LogP contribution in [-0.4, -0.2) is 20.5 Å². The molecule has 3 rings (SSSR count). The molecule has 0 saturated carbocycles. The number of fused-ring (bicyclic) bond motifs is 1. The lowest BCUT2D eigenvalue weighted by atomic mass is 10.2. The van der Waals surface area contributed by atoms with Gasteiger partial charge in [-0.25, -0.2) is 13.2 Å². The predicted molar refractivity (Wildman–Crippen MR) is 90.4 cm³/mol. The summed E-state index contributed by atoms with van der Waals surface area (Å²) in [6, 6.07) is 7.56. The fourth-order valence-electron chi connectivity index (χ4n) is 2.24. The number of aryl methyl sites for hydroxylation is 1. The molecule has 0 unspecified atom stereocenters. The van der Waals surface area contributed by atoms with Gasteiger partial charge < -0.3 is 9.15 Å². The first-order valence-electron chi connectivity index (χ1n) is 6.80. The Morgan fingerprint density at radius 1 is 1.25 bits per heavy atom. The van der Waals surface area contributed by atoms with Crippen LogP contribution in [0, 0.1) is 6.92 Å². The van der Waals surface area contributed by atoms with Crippen LogP contribution in [0.5, 0.6) is 5.75 Å². The van der Waals surface area contributed by atoms with Gasteiger partial charge in [-0.1, -0.05) is 17.7 Å². The van der Waals surface area contributed by atoms with E-state index >= 15 is 0 Å². The first kappa shape index (κ1) is 16.4. The minimum atomic E-state index is -3.95. The normalized spacial score (nSPS) is 11.6. The number of H-pyrrole nitrogens is 1.